The molecular formula is C26H28IN4O3-. The van der Waals surface area contributed by atoms with Crippen LogP contribution in [0.5, 0.6) is 0 Å². The average molecular weight is 571 g/mol. The van der Waals surface area contributed by atoms with Crippen LogP contribution in [0.2, 0.25) is 0 Å². The molecule has 2 aromatic carbocycles. The van der Waals surface area contributed by atoms with Crippen LogP contribution in [-0.4, -0.2) is 35.1 Å². The van der Waals surface area contributed by atoms with Crippen molar-refractivity contribution in [2.75, 3.05) is 9.74 Å². The van der Waals surface area contributed by atoms with Gasteiger partial charge in [0.05, 0.1) is 0 Å². The Hall–Kier alpha value is -2.56. The van der Waals surface area contributed by atoms with E-state index in [0.717, 1.165) is 24.1 Å². The van der Waals surface area contributed by atoms with Gasteiger partial charge in [-0.2, -0.15) is 0 Å². The molecule has 2 unspecified atom stereocenters. The molecule has 0 aliphatic carbocycles. The topological polar surface area (TPSA) is 96.2 Å². The van der Waals surface area contributed by atoms with Gasteiger partial charge in [-0.3, -0.25) is 4.79 Å². The van der Waals surface area contributed by atoms with Crippen LogP contribution >= 0.6 is 0 Å². The van der Waals surface area contributed by atoms with E-state index in [4.69, 9.17) is 0 Å². The summed E-state index contributed by atoms with van der Waals surface area (Å²) >= 11 is -0.0997. The number of amides is 1. The van der Waals surface area contributed by atoms with Gasteiger partial charge in [-0.05, 0) is 0 Å². The SMILES string of the molecule is O=C(Nc1ccc(CC2CC[I-]C([C@H](O)c3ccccc3)N2)cc1)[C@@H]1CCc2nccc(=O)n21. The number of rotatable bonds is 6. The maximum atomic E-state index is 12.8. The van der Waals surface area contributed by atoms with Gasteiger partial charge >= 0.3 is 170 Å². The second-order valence-corrected chi connectivity index (χ2v) is 12.1. The second kappa shape index (κ2) is 10.4. The van der Waals surface area contributed by atoms with Crippen molar-refractivity contribution < 1.29 is 31.1 Å². The zero-order valence-electron chi connectivity index (χ0n) is 18.7. The van der Waals surface area contributed by atoms with Gasteiger partial charge in [-0.25, -0.2) is 4.98 Å². The smallest absolute Gasteiger partial charge is 0.269 e. The molecule has 178 valence electrons. The molecule has 4 atom stereocenters. The number of aliphatic hydroxyl groups excluding tert-OH is 1. The first-order valence-corrected chi connectivity index (χ1v) is 14.4. The van der Waals surface area contributed by atoms with Crippen LogP contribution in [0, 0.1) is 0 Å². The Balaban J connectivity index is 1.18. The number of hydrogen-bond acceptors (Lipinski definition) is 5. The maximum absolute atomic E-state index is 12.8. The van der Waals surface area contributed by atoms with E-state index in [1.807, 2.05) is 54.6 Å². The first-order valence-electron chi connectivity index (χ1n) is 11.6. The molecule has 34 heavy (non-hydrogen) atoms. The van der Waals surface area contributed by atoms with Gasteiger partial charge in [-0.15, -0.1) is 0 Å². The molecule has 0 radical (unpaired) electrons. The molecule has 3 N–H and O–H groups in total. The quantitative estimate of drug-likeness (QED) is 0.209. The van der Waals surface area contributed by atoms with E-state index in [9.17, 15) is 14.7 Å². The predicted molar refractivity (Wildman–Crippen MR) is 126 cm³/mol. The monoisotopic (exact) mass is 571 g/mol. The fourth-order valence-electron chi connectivity index (χ4n) is 4.67. The molecular weight excluding hydrogens is 543 g/mol. The molecule has 3 heterocycles. The number of carbonyl (C=O) groups is 1. The van der Waals surface area contributed by atoms with Gasteiger partial charge in [0.15, 0.2) is 0 Å². The summed E-state index contributed by atoms with van der Waals surface area (Å²) in [6, 6.07) is 19.0. The molecule has 0 saturated carbocycles. The Labute approximate surface area is 208 Å². The van der Waals surface area contributed by atoms with E-state index >= 15 is 0 Å². The number of hydrogen-bond donors (Lipinski definition) is 3. The molecule has 1 amide bonds. The molecule has 5 rings (SSSR count). The van der Waals surface area contributed by atoms with Gasteiger partial charge in [0, 0.05) is 18.7 Å². The van der Waals surface area contributed by atoms with Crippen LogP contribution in [0.25, 0.3) is 0 Å². The molecule has 7 nitrogen and oxygen atoms in total. The van der Waals surface area contributed by atoms with Crippen molar-refractivity contribution in [1.82, 2.24) is 14.9 Å². The number of carbonyl (C=O) groups excluding carboxylic acids is 1. The van der Waals surface area contributed by atoms with E-state index in [0.29, 0.717) is 24.7 Å². The number of aryl methyl sites for hydroxylation is 1. The molecule has 0 spiro atoms. The number of anilines is 1. The molecule has 1 saturated heterocycles. The number of aromatic nitrogens is 2. The van der Waals surface area contributed by atoms with Crippen molar-refractivity contribution in [3.63, 3.8) is 0 Å². The zero-order chi connectivity index (χ0) is 23.5. The van der Waals surface area contributed by atoms with Crippen molar-refractivity contribution in [1.29, 1.82) is 0 Å². The van der Waals surface area contributed by atoms with Crippen molar-refractivity contribution >= 4 is 11.6 Å². The van der Waals surface area contributed by atoms with Crippen molar-refractivity contribution in [2.24, 2.45) is 0 Å². The number of nitrogens with zero attached hydrogens (tertiary/aromatic N) is 2. The summed E-state index contributed by atoms with van der Waals surface area (Å²) in [5.41, 5.74) is 2.70. The normalized spacial score (nSPS) is 22.9. The van der Waals surface area contributed by atoms with Crippen LogP contribution in [0.1, 0.15) is 41.9 Å². The summed E-state index contributed by atoms with van der Waals surface area (Å²) < 4.78 is 2.85. The summed E-state index contributed by atoms with van der Waals surface area (Å²) in [5.74, 6) is 0.485. The summed E-state index contributed by atoms with van der Waals surface area (Å²) in [6.07, 6.45) is 4.26. The average Bonchev–Trinajstić information content (AvgIpc) is 3.31. The number of alkyl halides is 2. The zero-order valence-corrected chi connectivity index (χ0v) is 20.9. The Morgan fingerprint density at radius 1 is 1.15 bits per heavy atom. The standard InChI is InChI=1S/C26H28IN4O3/c32-23-13-15-28-22-11-10-21(31(22)23)26(34)30-19-8-6-17(7-9-19)16-20-12-14-27-25(29-20)24(33)18-4-2-1-3-5-18/h1-9,13,15,20-21,24-25,29,33H,10-12,14,16H2,(H,30,34)/q-1/t20?,21-,24+,25?/m0/s1. The van der Waals surface area contributed by atoms with Crippen molar-refractivity contribution in [3.05, 3.63) is 94.2 Å². The van der Waals surface area contributed by atoms with Crippen molar-refractivity contribution in [3.8, 4) is 0 Å². The number of aliphatic hydroxyl groups is 1. The minimum Gasteiger partial charge on any atom is -0.269 e. The first-order chi connectivity index (χ1) is 16.6. The fourth-order valence-corrected chi connectivity index (χ4v) is 8.12. The first kappa shape index (κ1) is 23.2. The predicted octanol–water partition coefficient (Wildman–Crippen LogP) is -0.578. The minimum atomic E-state index is -0.515. The molecule has 1 aromatic heterocycles. The fraction of sp³-hybridized carbons (Fsp3) is 0.346. The molecule has 0 bridgehead atoms. The van der Waals surface area contributed by atoms with Crippen LogP contribution in [0.15, 0.2) is 71.7 Å². The van der Waals surface area contributed by atoms with Gasteiger partial charge in [0.2, 0.25) is 0 Å². The molecule has 1 fully saturated rings. The second-order valence-electron chi connectivity index (χ2n) is 8.77. The molecule has 2 aliphatic heterocycles. The third kappa shape index (κ3) is 5.08. The summed E-state index contributed by atoms with van der Waals surface area (Å²) in [4.78, 5) is 29.2. The summed E-state index contributed by atoms with van der Waals surface area (Å²) in [5, 5.41) is 17.5. The van der Waals surface area contributed by atoms with E-state index in [2.05, 4.69) is 15.6 Å². The minimum absolute atomic E-state index is 0.0997. The van der Waals surface area contributed by atoms with Gasteiger partial charge in [0.25, 0.3) is 5.56 Å². The van der Waals surface area contributed by atoms with Crippen LogP contribution in [-0.2, 0) is 17.6 Å². The Kier molecular flexibility index (Phi) is 7.07. The van der Waals surface area contributed by atoms with E-state index < -0.39 is 12.1 Å². The van der Waals surface area contributed by atoms with Crippen LogP contribution in [0.3, 0.4) is 0 Å². The van der Waals surface area contributed by atoms with Gasteiger partial charge < -0.3 is 0 Å². The Bertz CT molecular complexity index is 1200. The molecule has 8 heteroatoms. The summed E-state index contributed by atoms with van der Waals surface area (Å²) in [6.45, 7) is 0. The Morgan fingerprint density at radius 3 is 2.74 bits per heavy atom. The number of fused-ring (bicyclic) bond motifs is 1. The van der Waals surface area contributed by atoms with E-state index in [-0.39, 0.29) is 36.7 Å². The van der Waals surface area contributed by atoms with Crippen LogP contribution in [0.4, 0.5) is 5.69 Å². The van der Waals surface area contributed by atoms with Gasteiger partial charge in [0.1, 0.15) is 5.82 Å². The van der Waals surface area contributed by atoms with Crippen molar-refractivity contribution in [2.45, 2.75) is 47.9 Å². The van der Waals surface area contributed by atoms with Crippen LogP contribution < -0.4 is 37.4 Å². The third-order valence-corrected chi connectivity index (χ3v) is 9.70. The number of nitrogens with one attached hydrogen (secondary N) is 2. The number of benzene rings is 2. The Morgan fingerprint density at radius 2 is 1.94 bits per heavy atom. The number of halogens is 1. The van der Waals surface area contributed by atoms with E-state index in [1.165, 1.54) is 26.8 Å². The van der Waals surface area contributed by atoms with E-state index in [1.54, 1.807) is 0 Å². The molecule has 2 aliphatic rings. The molecule has 3 aromatic rings. The summed E-state index contributed by atoms with van der Waals surface area (Å²) in [7, 11) is 0. The third-order valence-electron chi connectivity index (χ3n) is 6.46. The van der Waals surface area contributed by atoms with Gasteiger partial charge in [-0.1, -0.05) is 0 Å².